The zero-order valence-corrected chi connectivity index (χ0v) is 8.37. The van der Waals surface area contributed by atoms with Crippen molar-refractivity contribution in [1.82, 2.24) is 10.2 Å². The van der Waals surface area contributed by atoms with E-state index in [2.05, 4.69) is 10.2 Å². The van der Waals surface area contributed by atoms with Crippen LogP contribution >= 0.6 is 0 Å². The summed E-state index contributed by atoms with van der Waals surface area (Å²) in [6.45, 7) is 6.21. The number of fused-ring (bicyclic) bond motifs is 1. The molecule has 13 heavy (non-hydrogen) atoms. The lowest BCUT2D eigenvalue weighted by molar-refractivity contribution is 0.138. The predicted octanol–water partition coefficient (Wildman–Crippen LogP) is 0.0510. The maximum absolute atomic E-state index is 9.28. The molecule has 2 rings (SSSR count). The highest BCUT2D eigenvalue weighted by Crippen LogP contribution is 2.24. The highest BCUT2D eigenvalue weighted by Gasteiger charge is 2.34. The van der Waals surface area contributed by atoms with Crippen molar-refractivity contribution in [3.8, 4) is 0 Å². The van der Waals surface area contributed by atoms with E-state index in [4.69, 9.17) is 0 Å². The molecule has 3 heteroatoms. The Balaban J connectivity index is 1.84. The third kappa shape index (κ3) is 2.22. The van der Waals surface area contributed by atoms with Gasteiger partial charge in [-0.2, -0.15) is 0 Å². The molecule has 0 aromatic heterocycles. The summed E-state index contributed by atoms with van der Waals surface area (Å²) in [5.41, 5.74) is 0. The van der Waals surface area contributed by atoms with Crippen LogP contribution in [0.1, 0.15) is 19.8 Å². The van der Waals surface area contributed by atoms with Crippen LogP contribution in [0.3, 0.4) is 0 Å². The van der Waals surface area contributed by atoms with Crippen molar-refractivity contribution >= 4 is 0 Å². The second-order valence-electron chi connectivity index (χ2n) is 4.53. The minimum atomic E-state index is -0.180. The third-order valence-electron chi connectivity index (χ3n) is 3.20. The fourth-order valence-corrected chi connectivity index (χ4v) is 2.66. The molecule has 2 heterocycles. The van der Waals surface area contributed by atoms with Gasteiger partial charge in [0.25, 0.3) is 0 Å². The summed E-state index contributed by atoms with van der Waals surface area (Å²) < 4.78 is 0. The van der Waals surface area contributed by atoms with Crippen molar-refractivity contribution in [2.75, 3.05) is 26.2 Å². The molecule has 0 spiro atoms. The third-order valence-corrected chi connectivity index (χ3v) is 3.20. The Morgan fingerprint density at radius 2 is 2.38 bits per heavy atom. The van der Waals surface area contributed by atoms with E-state index in [0.29, 0.717) is 6.04 Å². The largest absolute Gasteiger partial charge is 0.392 e. The summed E-state index contributed by atoms with van der Waals surface area (Å²) in [6, 6.07) is 0.701. The van der Waals surface area contributed by atoms with Gasteiger partial charge in [-0.1, -0.05) is 0 Å². The van der Waals surface area contributed by atoms with Gasteiger partial charge in [-0.3, -0.25) is 4.90 Å². The maximum atomic E-state index is 9.28. The van der Waals surface area contributed by atoms with Crippen molar-refractivity contribution in [2.45, 2.75) is 31.9 Å². The van der Waals surface area contributed by atoms with E-state index in [1.54, 1.807) is 0 Å². The van der Waals surface area contributed by atoms with Crippen LogP contribution in [0.4, 0.5) is 0 Å². The summed E-state index contributed by atoms with van der Waals surface area (Å²) in [5, 5.41) is 12.8. The van der Waals surface area contributed by atoms with Gasteiger partial charge in [-0.15, -0.1) is 0 Å². The Kier molecular flexibility index (Phi) is 2.86. The minimum absolute atomic E-state index is 0.180. The number of β-amino-alcohol motifs (C(OH)–C–C–N with tert-alkyl or cyclic N) is 1. The first kappa shape index (κ1) is 9.44. The van der Waals surface area contributed by atoms with E-state index in [9.17, 15) is 5.11 Å². The summed E-state index contributed by atoms with van der Waals surface area (Å²) >= 11 is 0. The Morgan fingerprint density at radius 3 is 3.08 bits per heavy atom. The topological polar surface area (TPSA) is 35.5 Å². The Labute approximate surface area is 80.1 Å². The first-order valence-electron chi connectivity index (χ1n) is 5.39. The first-order chi connectivity index (χ1) is 6.25. The molecular formula is C10H20N2O. The zero-order valence-electron chi connectivity index (χ0n) is 8.37. The average molecular weight is 184 g/mol. The van der Waals surface area contributed by atoms with Crippen molar-refractivity contribution in [1.29, 1.82) is 0 Å². The normalized spacial score (nSPS) is 37.4. The van der Waals surface area contributed by atoms with E-state index in [1.807, 2.05) is 6.92 Å². The number of piperidine rings is 1. The highest BCUT2D eigenvalue weighted by atomic mass is 16.3. The molecule has 3 nitrogen and oxygen atoms in total. The van der Waals surface area contributed by atoms with Gasteiger partial charge in [-0.25, -0.2) is 0 Å². The molecule has 3 atom stereocenters. The molecule has 0 radical (unpaired) electrons. The predicted molar refractivity (Wildman–Crippen MR) is 52.6 cm³/mol. The van der Waals surface area contributed by atoms with Crippen molar-refractivity contribution < 1.29 is 5.11 Å². The number of nitrogens with zero attached hydrogens (tertiary/aromatic N) is 1. The van der Waals surface area contributed by atoms with Gasteiger partial charge in [0, 0.05) is 25.7 Å². The molecule has 0 aromatic rings. The number of rotatable bonds is 2. The second-order valence-corrected chi connectivity index (χ2v) is 4.53. The van der Waals surface area contributed by atoms with Gasteiger partial charge in [0.1, 0.15) is 0 Å². The molecule has 0 aromatic carbocycles. The maximum Gasteiger partial charge on any atom is 0.0639 e. The number of aliphatic hydroxyl groups is 1. The smallest absolute Gasteiger partial charge is 0.0639 e. The first-order valence-corrected chi connectivity index (χ1v) is 5.39. The molecule has 76 valence electrons. The highest BCUT2D eigenvalue weighted by molar-refractivity contribution is 4.91. The molecule has 0 bridgehead atoms. The Hall–Kier alpha value is -0.120. The molecule has 2 aliphatic rings. The Morgan fingerprint density at radius 1 is 1.54 bits per heavy atom. The van der Waals surface area contributed by atoms with Gasteiger partial charge in [-0.05, 0) is 32.2 Å². The zero-order chi connectivity index (χ0) is 9.26. The number of nitrogens with one attached hydrogen (secondary N) is 1. The van der Waals surface area contributed by atoms with Crippen molar-refractivity contribution in [3.05, 3.63) is 0 Å². The monoisotopic (exact) mass is 184 g/mol. The van der Waals surface area contributed by atoms with E-state index in [0.717, 1.165) is 19.0 Å². The van der Waals surface area contributed by atoms with Crippen LogP contribution in [-0.2, 0) is 0 Å². The van der Waals surface area contributed by atoms with Crippen LogP contribution in [0.25, 0.3) is 0 Å². The quantitative estimate of drug-likeness (QED) is 0.636. The SMILES string of the molecule is CC(O)CN1C[C@@H]2CCCN[C@@H]2C1. The number of aliphatic hydroxyl groups excluding tert-OH is 1. The number of likely N-dealkylation sites (tertiary alicyclic amines) is 1. The summed E-state index contributed by atoms with van der Waals surface area (Å²) in [4.78, 5) is 2.39. The van der Waals surface area contributed by atoms with Crippen LogP contribution < -0.4 is 5.32 Å². The summed E-state index contributed by atoms with van der Waals surface area (Å²) in [5.74, 6) is 0.840. The fourth-order valence-electron chi connectivity index (χ4n) is 2.66. The summed E-state index contributed by atoms with van der Waals surface area (Å²) in [7, 11) is 0. The molecular weight excluding hydrogens is 164 g/mol. The minimum Gasteiger partial charge on any atom is -0.392 e. The van der Waals surface area contributed by atoms with Gasteiger partial charge in [0.15, 0.2) is 0 Å². The standard InChI is InChI=1S/C10H20N2O/c1-8(13)5-12-6-9-3-2-4-11-10(9)7-12/h8-11,13H,2-7H2,1H3/t8?,9-,10+/m0/s1. The molecule has 2 fully saturated rings. The molecule has 2 N–H and O–H groups in total. The summed E-state index contributed by atoms with van der Waals surface area (Å²) in [6.07, 6.45) is 2.51. The van der Waals surface area contributed by atoms with Crippen LogP contribution in [0.15, 0.2) is 0 Å². The molecule has 0 amide bonds. The van der Waals surface area contributed by atoms with E-state index in [1.165, 1.54) is 25.9 Å². The van der Waals surface area contributed by atoms with E-state index >= 15 is 0 Å². The van der Waals surface area contributed by atoms with Gasteiger partial charge >= 0.3 is 0 Å². The fraction of sp³-hybridized carbons (Fsp3) is 1.00. The van der Waals surface area contributed by atoms with E-state index < -0.39 is 0 Å². The molecule has 2 saturated heterocycles. The van der Waals surface area contributed by atoms with Crippen LogP contribution in [-0.4, -0.2) is 48.3 Å². The average Bonchev–Trinajstić information content (AvgIpc) is 2.44. The van der Waals surface area contributed by atoms with Crippen molar-refractivity contribution in [3.63, 3.8) is 0 Å². The molecule has 0 saturated carbocycles. The second kappa shape index (κ2) is 3.95. The molecule has 1 unspecified atom stereocenters. The van der Waals surface area contributed by atoms with Gasteiger partial charge in [0.2, 0.25) is 0 Å². The van der Waals surface area contributed by atoms with Crippen LogP contribution in [0.2, 0.25) is 0 Å². The molecule has 2 aliphatic heterocycles. The van der Waals surface area contributed by atoms with Crippen molar-refractivity contribution in [2.24, 2.45) is 5.92 Å². The number of hydrogen-bond donors (Lipinski definition) is 2. The lowest BCUT2D eigenvalue weighted by atomic mass is 9.94. The van der Waals surface area contributed by atoms with Crippen LogP contribution in [0.5, 0.6) is 0 Å². The number of hydrogen-bond acceptors (Lipinski definition) is 3. The lowest BCUT2D eigenvalue weighted by Crippen LogP contribution is -2.41. The van der Waals surface area contributed by atoms with Gasteiger partial charge < -0.3 is 10.4 Å². The molecule has 0 aliphatic carbocycles. The lowest BCUT2D eigenvalue weighted by Gasteiger charge is -2.24. The van der Waals surface area contributed by atoms with E-state index in [-0.39, 0.29) is 6.10 Å². The van der Waals surface area contributed by atoms with Gasteiger partial charge in [0.05, 0.1) is 6.10 Å². The Bertz CT molecular complexity index is 158. The van der Waals surface area contributed by atoms with Crippen LogP contribution in [0, 0.1) is 5.92 Å².